The SMILES string of the molecule is COc1ccc(NC(=O)CC[C@H]2CCCN(C(=O)CCc3ccccc3Cl)C2)c(C)c1. The molecule has 0 bridgehead atoms. The molecule has 2 amide bonds. The molecule has 5 nitrogen and oxygen atoms in total. The maximum atomic E-state index is 12.7. The molecule has 2 aromatic carbocycles. The Morgan fingerprint density at radius 3 is 2.74 bits per heavy atom. The highest BCUT2D eigenvalue weighted by atomic mass is 35.5. The van der Waals surface area contributed by atoms with Crippen LogP contribution >= 0.6 is 11.6 Å². The molecule has 1 saturated heterocycles. The van der Waals surface area contributed by atoms with Gasteiger partial charge in [0.25, 0.3) is 0 Å². The highest BCUT2D eigenvalue weighted by Gasteiger charge is 2.24. The predicted molar refractivity (Wildman–Crippen MR) is 125 cm³/mol. The van der Waals surface area contributed by atoms with Crippen molar-refractivity contribution in [2.24, 2.45) is 5.92 Å². The summed E-state index contributed by atoms with van der Waals surface area (Å²) in [5.74, 6) is 1.32. The van der Waals surface area contributed by atoms with Gasteiger partial charge in [-0.2, -0.15) is 0 Å². The van der Waals surface area contributed by atoms with Crippen LogP contribution < -0.4 is 10.1 Å². The molecule has 3 rings (SSSR count). The van der Waals surface area contributed by atoms with E-state index in [1.165, 1.54) is 0 Å². The van der Waals surface area contributed by atoms with Gasteiger partial charge in [-0.3, -0.25) is 9.59 Å². The summed E-state index contributed by atoms with van der Waals surface area (Å²) < 4.78 is 5.21. The third-order valence-electron chi connectivity index (χ3n) is 5.93. The molecule has 0 saturated carbocycles. The summed E-state index contributed by atoms with van der Waals surface area (Å²) in [5.41, 5.74) is 2.79. The van der Waals surface area contributed by atoms with Crippen LogP contribution in [0.4, 0.5) is 5.69 Å². The quantitative estimate of drug-likeness (QED) is 0.607. The lowest BCUT2D eigenvalue weighted by Gasteiger charge is -2.33. The molecule has 1 atom stereocenters. The molecular weight excluding hydrogens is 412 g/mol. The molecule has 1 fully saturated rings. The molecule has 166 valence electrons. The molecule has 1 aliphatic rings. The van der Waals surface area contributed by atoms with Crippen LogP contribution in [-0.4, -0.2) is 36.9 Å². The van der Waals surface area contributed by atoms with Crippen molar-refractivity contribution in [3.8, 4) is 5.75 Å². The number of piperidine rings is 1. The van der Waals surface area contributed by atoms with E-state index in [0.717, 1.165) is 54.9 Å². The van der Waals surface area contributed by atoms with Gasteiger partial charge in [0.05, 0.1) is 7.11 Å². The molecule has 0 unspecified atom stereocenters. The van der Waals surface area contributed by atoms with E-state index in [0.29, 0.717) is 30.2 Å². The van der Waals surface area contributed by atoms with Gasteiger partial charge < -0.3 is 15.0 Å². The van der Waals surface area contributed by atoms with Crippen molar-refractivity contribution in [3.63, 3.8) is 0 Å². The Labute approximate surface area is 189 Å². The van der Waals surface area contributed by atoms with E-state index < -0.39 is 0 Å². The largest absolute Gasteiger partial charge is 0.497 e. The molecule has 1 N–H and O–H groups in total. The number of methoxy groups -OCH3 is 1. The van der Waals surface area contributed by atoms with E-state index >= 15 is 0 Å². The van der Waals surface area contributed by atoms with Gasteiger partial charge >= 0.3 is 0 Å². The number of hydrogen-bond donors (Lipinski definition) is 1. The van der Waals surface area contributed by atoms with Crippen LogP contribution in [0, 0.1) is 12.8 Å². The summed E-state index contributed by atoms with van der Waals surface area (Å²) in [4.78, 5) is 27.1. The van der Waals surface area contributed by atoms with Crippen LogP contribution in [0.2, 0.25) is 5.02 Å². The van der Waals surface area contributed by atoms with E-state index in [4.69, 9.17) is 16.3 Å². The highest BCUT2D eigenvalue weighted by molar-refractivity contribution is 6.31. The Morgan fingerprint density at radius 2 is 2.00 bits per heavy atom. The minimum atomic E-state index is 0.00966. The number of halogens is 1. The number of likely N-dealkylation sites (tertiary alicyclic amines) is 1. The minimum Gasteiger partial charge on any atom is -0.497 e. The summed E-state index contributed by atoms with van der Waals surface area (Å²) in [7, 11) is 1.63. The normalized spacial score (nSPS) is 16.1. The Morgan fingerprint density at radius 1 is 1.19 bits per heavy atom. The van der Waals surface area contributed by atoms with Crippen molar-refractivity contribution in [1.29, 1.82) is 0 Å². The average Bonchev–Trinajstić information content (AvgIpc) is 2.78. The lowest BCUT2D eigenvalue weighted by Crippen LogP contribution is -2.40. The number of nitrogens with one attached hydrogen (secondary N) is 1. The fraction of sp³-hybridized carbons (Fsp3) is 0.440. The first-order valence-electron chi connectivity index (χ1n) is 10.9. The van der Waals surface area contributed by atoms with E-state index in [9.17, 15) is 9.59 Å². The number of hydrogen-bond acceptors (Lipinski definition) is 3. The van der Waals surface area contributed by atoms with Crippen molar-refractivity contribution in [1.82, 2.24) is 4.90 Å². The van der Waals surface area contributed by atoms with Crippen molar-refractivity contribution >= 4 is 29.1 Å². The second-order valence-electron chi connectivity index (χ2n) is 8.21. The molecule has 2 aromatic rings. The van der Waals surface area contributed by atoms with Crippen molar-refractivity contribution in [2.75, 3.05) is 25.5 Å². The minimum absolute atomic E-state index is 0.00966. The predicted octanol–water partition coefficient (Wildman–Crippen LogP) is 5.25. The molecular formula is C25H31ClN2O3. The fourth-order valence-electron chi connectivity index (χ4n) is 4.08. The van der Waals surface area contributed by atoms with Gasteiger partial charge in [0.1, 0.15) is 5.75 Å². The summed E-state index contributed by atoms with van der Waals surface area (Å²) >= 11 is 6.20. The number of benzene rings is 2. The van der Waals surface area contributed by atoms with Gasteiger partial charge in [-0.1, -0.05) is 29.8 Å². The number of amides is 2. The van der Waals surface area contributed by atoms with E-state index in [1.807, 2.05) is 54.3 Å². The molecule has 0 aromatic heterocycles. The number of rotatable bonds is 8. The summed E-state index contributed by atoms with van der Waals surface area (Å²) in [6, 6.07) is 13.3. The lowest BCUT2D eigenvalue weighted by molar-refractivity contribution is -0.133. The molecule has 31 heavy (non-hydrogen) atoms. The van der Waals surface area contributed by atoms with Crippen LogP contribution in [0.25, 0.3) is 0 Å². The number of ether oxygens (including phenoxy) is 1. The van der Waals surface area contributed by atoms with Crippen molar-refractivity contribution in [3.05, 3.63) is 58.6 Å². The fourth-order valence-corrected chi connectivity index (χ4v) is 4.31. The first kappa shape index (κ1) is 23.1. The van der Waals surface area contributed by atoms with Crippen LogP contribution in [0.1, 0.15) is 43.2 Å². The number of nitrogens with zero attached hydrogens (tertiary/aromatic N) is 1. The Bertz CT molecular complexity index is 915. The Hall–Kier alpha value is -2.53. The smallest absolute Gasteiger partial charge is 0.224 e. The van der Waals surface area contributed by atoms with Gasteiger partial charge in [0.15, 0.2) is 0 Å². The molecule has 0 aliphatic carbocycles. The molecule has 1 heterocycles. The maximum Gasteiger partial charge on any atom is 0.224 e. The van der Waals surface area contributed by atoms with Crippen LogP contribution in [0.15, 0.2) is 42.5 Å². The third kappa shape index (κ3) is 6.73. The standard InChI is InChI=1S/C25H31ClN2O3/c1-18-16-21(31-2)11-12-23(18)27-24(29)13-9-19-6-5-15-28(17-19)25(30)14-10-20-7-3-4-8-22(20)26/h3-4,7-8,11-12,16,19H,5-6,9-10,13-15,17H2,1-2H3,(H,27,29)/t19-/m1/s1. The number of aryl methyl sites for hydroxylation is 2. The number of carbonyl (C=O) groups is 2. The van der Waals surface area contributed by atoms with Crippen LogP contribution in [-0.2, 0) is 16.0 Å². The maximum absolute atomic E-state index is 12.7. The number of carbonyl (C=O) groups excluding carboxylic acids is 2. The van der Waals surface area contributed by atoms with Crippen molar-refractivity contribution in [2.45, 2.75) is 45.4 Å². The van der Waals surface area contributed by atoms with Crippen LogP contribution in [0.3, 0.4) is 0 Å². The second kappa shape index (κ2) is 11.2. The van der Waals surface area contributed by atoms with Crippen molar-refractivity contribution < 1.29 is 14.3 Å². The van der Waals surface area contributed by atoms with Crippen LogP contribution in [0.5, 0.6) is 5.75 Å². The van der Waals surface area contributed by atoms with E-state index in [2.05, 4.69) is 5.32 Å². The monoisotopic (exact) mass is 442 g/mol. The second-order valence-corrected chi connectivity index (χ2v) is 8.61. The van der Waals surface area contributed by atoms with Gasteiger partial charge in [-0.25, -0.2) is 0 Å². The summed E-state index contributed by atoms with van der Waals surface area (Å²) in [5, 5.41) is 3.70. The topological polar surface area (TPSA) is 58.6 Å². The summed E-state index contributed by atoms with van der Waals surface area (Å²) in [6.45, 7) is 3.48. The molecule has 6 heteroatoms. The molecule has 1 aliphatic heterocycles. The van der Waals surface area contributed by atoms with Gasteiger partial charge in [0, 0.05) is 36.6 Å². The Balaban J connectivity index is 1.44. The molecule has 0 radical (unpaired) electrons. The van der Waals surface area contributed by atoms with Gasteiger partial charge in [-0.15, -0.1) is 0 Å². The first-order chi connectivity index (χ1) is 15.0. The zero-order chi connectivity index (χ0) is 22.2. The Kier molecular flexibility index (Phi) is 8.35. The average molecular weight is 443 g/mol. The zero-order valence-corrected chi connectivity index (χ0v) is 19.1. The third-order valence-corrected chi connectivity index (χ3v) is 6.29. The van der Waals surface area contributed by atoms with Gasteiger partial charge in [-0.05, 0) is 73.9 Å². The zero-order valence-electron chi connectivity index (χ0n) is 18.3. The highest BCUT2D eigenvalue weighted by Crippen LogP contribution is 2.24. The molecule has 0 spiro atoms. The van der Waals surface area contributed by atoms with E-state index in [1.54, 1.807) is 7.11 Å². The lowest BCUT2D eigenvalue weighted by atomic mass is 9.93. The van der Waals surface area contributed by atoms with E-state index in [-0.39, 0.29) is 11.8 Å². The number of anilines is 1. The summed E-state index contributed by atoms with van der Waals surface area (Å²) in [6.07, 6.45) is 4.41. The van der Waals surface area contributed by atoms with Gasteiger partial charge in [0.2, 0.25) is 11.8 Å². The first-order valence-corrected chi connectivity index (χ1v) is 11.3.